The van der Waals surface area contributed by atoms with Gasteiger partial charge in [0, 0.05) is 12.3 Å². The number of esters is 1. The van der Waals surface area contributed by atoms with Gasteiger partial charge >= 0.3 is 12.5 Å². The van der Waals surface area contributed by atoms with E-state index < -0.39 is 52.9 Å². The van der Waals surface area contributed by atoms with Crippen molar-refractivity contribution < 1.29 is 37.3 Å². The molecule has 1 saturated heterocycles. The van der Waals surface area contributed by atoms with E-state index in [1.165, 1.54) is 6.92 Å². The summed E-state index contributed by atoms with van der Waals surface area (Å²) >= 11 is 0. The smallest absolute Gasteiger partial charge is 0.339 e. The molecule has 0 aliphatic carbocycles. The Morgan fingerprint density at radius 3 is 2.55 bits per heavy atom. The number of carbonyl (C=O) groups excluding carboxylic acids is 2. The number of carbonyl (C=O) groups is 2. The van der Waals surface area contributed by atoms with Gasteiger partial charge in [0.05, 0.1) is 25.0 Å². The maximum absolute atomic E-state index is 14.7. The number of anilines is 1. The normalized spacial score (nSPS) is 20.3. The molecule has 13 heteroatoms. The summed E-state index contributed by atoms with van der Waals surface area (Å²) in [5, 5.41) is 14.4. The van der Waals surface area contributed by atoms with E-state index in [-0.39, 0.29) is 23.4 Å². The van der Waals surface area contributed by atoms with Gasteiger partial charge in [-0.1, -0.05) is 0 Å². The maximum atomic E-state index is 14.7. The van der Waals surface area contributed by atoms with Crippen LogP contribution in [0.5, 0.6) is 0 Å². The molecule has 1 fully saturated rings. The minimum absolute atomic E-state index is 0.0580. The van der Waals surface area contributed by atoms with Crippen LogP contribution in [0.3, 0.4) is 0 Å². The molecule has 1 amide bonds. The Kier molecular flexibility index (Phi) is 6.40. The molecule has 3 heterocycles. The minimum atomic E-state index is -3.12. The van der Waals surface area contributed by atoms with Crippen LogP contribution in [0.25, 0.3) is 5.69 Å². The molecule has 0 aromatic carbocycles. The molecule has 180 valence electrons. The zero-order valence-electron chi connectivity index (χ0n) is 18.3. The highest BCUT2D eigenvalue weighted by atomic mass is 19.3. The molecule has 2 atom stereocenters. The molecule has 0 bridgehead atoms. The average Bonchev–Trinajstić information content (AvgIpc) is 3.09. The Hall–Kier alpha value is -3.19. The molecule has 1 aliphatic rings. The van der Waals surface area contributed by atoms with Crippen molar-refractivity contribution in [3.63, 3.8) is 0 Å². The van der Waals surface area contributed by atoms with Crippen molar-refractivity contribution in [2.24, 2.45) is 0 Å². The first-order valence-corrected chi connectivity index (χ1v) is 9.87. The van der Waals surface area contributed by atoms with Gasteiger partial charge in [-0.25, -0.2) is 13.9 Å². The molecule has 0 saturated carbocycles. The molecule has 0 spiro atoms. The number of morpholine rings is 1. The summed E-state index contributed by atoms with van der Waals surface area (Å²) in [5.41, 5.74) is -4.04. The summed E-state index contributed by atoms with van der Waals surface area (Å²) in [7, 11) is 0. The van der Waals surface area contributed by atoms with Gasteiger partial charge in [0.2, 0.25) is 0 Å². The highest BCUT2D eigenvalue weighted by molar-refractivity contribution is 6.02. The lowest BCUT2D eigenvalue weighted by atomic mass is 9.95. The Balaban J connectivity index is 1.92. The lowest BCUT2D eigenvalue weighted by Crippen LogP contribution is -2.63. The standard InChI is InChI=1S/C20H23F3N4O6/c1-19(2,3)33-16(30)14(29)20(4)17(31)25(7-8-32-20)15-12(21)10-27(24-15)11-5-6-13(28)26(9-11)18(22)23/h5-6,9-10,14,18,29H,7-8H2,1-4H3/t14?,20-/m1/s1. The van der Waals surface area contributed by atoms with E-state index in [0.29, 0.717) is 0 Å². The summed E-state index contributed by atoms with van der Waals surface area (Å²) < 4.78 is 52.3. The van der Waals surface area contributed by atoms with Crippen molar-refractivity contribution in [1.29, 1.82) is 0 Å². The first kappa shape index (κ1) is 24.5. The molecule has 2 aromatic heterocycles. The third-order valence-corrected chi connectivity index (χ3v) is 4.84. The number of rotatable bonds is 5. The third-order valence-electron chi connectivity index (χ3n) is 4.84. The van der Waals surface area contributed by atoms with Gasteiger partial charge in [0.1, 0.15) is 5.60 Å². The lowest BCUT2D eigenvalue weighted by molar-refractivity contribution is -0.191. The SMILES string of the molecule is CC(C)(C)OC(=O)C(O)[C@@]1(C)OCCN(c2nn(-c3ccc(=O)n(C(F)F)c3)cc2F)C1=O. The van der Waals surface area contributed by atoms with E-state index in [0.717, 1.165) is 34.1 Å². The van der Waals surface area contributed by atoms with Crippen LogP contribution < -0.4 is 10.5 Å². The van der Waals surface area contributed by atoms with Crippen LogP contribution in [-0.4, -0.2) is 61.8 Å². The number of aromatic nitrogens is 3. The fourth-order valence-corrected chi connectivity index (χ4v) is 3.20. The molecule has 1 unspecified atom stereocenters. The van der Waals surface area contributed by atoms with Crippen LogP contribution in [0, 0.1) is 5.82 Å². The molecule has 3 rings (SSSR count). The number of amides is 1. The topological polar surface area (TPSA) is 116 Å². The maximum Gasteiger partial charge on any atom is 0.339 e. The summed E-state index contributed by atoms with van der Waals surface area (Å²) in [6, 6.07) is 2.03. The highest BCUT2D eigenvalue weighted by Gasteiger charge is 2.52. The minimum Gasteiger partial charge on any atom is -0.458 e. The van der Waals surface area contributed by atoms with E-state index in [9.17, 15) is 32.7 Å². The Bertz CT molecular complexity index is 1130. The van der Waals surface area contributed by atoms with Gasteiger partial charge in [-0.15, -0.1) is 5.10 Å². The third kappa shape index (κ3) is 4.78. The monoisotopic (exact) mass is 472 g/mol. The van der Waals surface area contributed by atoms with Crippen LogP contribution in [-0.2, 0) is 19.1 Å². The zero-order valence-corrected chi connectivity index (χ0v) is 18.3. The fourth-order valence-electron chi connectivity index (χ4n) is 3.20. The molecule has 0 radical (unpaired) electrons. The Morgan fingerprint density at radius 1 is 1.27 bits per heavy atom. The van der Waals surface area contributed by atoms with E-state index in [2.05, 4.69) is 5.10 Å². The first-order valence-electron chi connectivity index (χ1n) is 9.87. The number of hydrogen-bond acceptors (Lipinski definition) is 7. The van der Waals surface area contributed by atoms with E-state index >= 15 is 0 Å². The number of aliphatic hydroxyl groups excluding tert-OH is 1. The summed E-state index contributed by atoms with van der Waals surface area (Å²) in [4.78, 5) is 37.9. The van der Waals surface area contributed by atoms with Crippen LogP contribution >= 0.6 is 0 Å². The second kappa shape index (κ2) is 8.63. The van der Waals surface area contributed by atoms with Crippen LogP contribution in [0.1, 0.15) is 34.2 Å². The van der Waals surface area contributed by atoms with E-state index in [1.807, 2.05) is 0 Å². The van der Waals surface area contributed by atoms with E-state index in [1.54, 1.807) is 20.8 Å². The van der Waals surface area contributed by atoms with Crippen molar-refractivity contribution in [1.82, 2.24) is 14.3 Å². The van der Waals surface area contributed by atoms with Crippen molar-refractivity contribution in [3.8, 4) is 5.69 Å². The highest BCUT2D eigenvalue weighted by Crippen LogP contribution is 2.30. The molecule has 1 aliphatic heterocycles. The molecule has 33 heavy (non-hydrogen) atoms. The van der Waals surface area contributed by atoms with Crippen LogP contribution in [0.15, 0.2) is 29.3 Å². The second-order valence-electron chi connectivity index (χ2n) is 8.50. The quantitative estimate of drug-likeness (QED) is 0.654. The number of hydrogen-bond donors (Lipinski definition) is 1. The van der Waals surface area contributed by atoms with Crippen molar-refractivity contribution in [3.05, 3.63) is 40.7 Å². The Labute approximate surface area is 186 Å². The predicted molar refractivity (Wildman–Crippen MR) is 108 cm³/mol. The zero-order chi connectivity index (χ0) is 24.7. The number of pyridine rings is 1. The molecule has 1 N–H and O–H groups in total. The number of halogens is 3. The molecule has 10 nitrogen and oxygen atoms in total. The van der Waals surface area contributed by atoms with Gasteiger partial charge in [-0.2, -0.15) is 8.78 Å². The van der Waals surface area contributed by atoms with E-state index in [4.69, 9.17) is 9.47 Å². The van der Waals surface area contributed by atoms with Crippen molar-refractivity contribution in [2.75, 3.05) is 18.1 Å². The van der Waals surface area contributed by atoms with Gasteiger partial charge in [0.15, 0.2) is 23.3 Å². The molecular formula is C20H23F3N4O6. The predicted octanol–water partition coefficient (Wildman–Crippen LogP) is 1.39. The first-order chi connectivity index (χ1) is 15.2. The van der Waals surface area contributed by atoms with Gasteiger partial charge in [0.25, 0.3) is 11.5 Å². The molecular weight excluding hydrogens is 449 g/mol. The largest absolute Gasteiger partial charge is 0.458 e. The summed E-state index contributed by atoms with van der Waals surface area (Å²) in [6.45, 7) is 2.47. The Morgan fingerprint density at radius 2 is 1.94 bits per heavy atom. The lowest BCUT2D eigenvalue weighted by Gasteiger charge is -2.40. The van der Waals surface area contributed by atoms with Gasteiger partial charge in [-0.05, 0) is 33.8 Å². The average molecular weight is 472 g/mol. The van der Waals surface area contributed by atoms with Crippen LogP contribution in [0.2, 0.25) is 0 Å². The number of nitrogens with zero attached hydrogens (tertiary/aromatic N) is 4. The number of ether oxygens (including phenoxy) is 2. The molecule has 2 aromatic rings. The van der Waals surface area contributed by atoms with Gasteiger partial charge in [-0.3, -0.25) is 19.1 Å². The fraction of sp³-hybridized carbons (Fsp3) is 0.500. The van der Waals surface area contributed by atoms with Crippen molar-refractivity contribution in [2.45, 2.75) is 51.6 Å². The summed E-state index contributed by atoms with van der Waals surface area (Å²) in [5.74, 6) is -3.50. The van der Waals surface area contributed by atoms with Crippen LogP contribution in [0.4, 0.5) is 19.0 Å². The number of aliphatic hydroxyl groups is 1. The number of alkyl halides is 2. The van der Waals surface area contributed by atoms with Crippen molar-refractivity contribution >= 4 is 17.7 Å². The summed E-state index contributed by atoms with van der Waals surface area (Å²) in [6.07, 6.45) is -0.373. The van der Waals surface area contributed by atoms with Gasteiger partial charge < -0.3 is 14.6 Å². The second-order valence-corrected chi connectivity index (χ2v) is 8.50.